The van der Waals surface area contributed by atoms with Gasteiger partial charge in [0.05, 0.1) is 12.0 Å². The molecule has 3 amide bonds. The highest BCUT2D eigenvalue weighted by Gasteiger charge is 2.18. The molecule has 1 heterocycles. The van der Waals surface area contributed by atoms with E-state index in [1.54, 1.807) is 42.6 Å². The maximum absolute atomic E-state index is 12.3. The van der Waals surface area contributed by atoms with Gasteiger partial charge in [-0.3, -0.25) is 19.2 Å². The monoisotopic (exact) mass is 389 g/mol. The van der Waals surface area contributed by atoms with Gasteiger partial charge in [-0.15, -0.1) is 11.3 Å². The minimum absolute atomic E-state index is 0.252. The molecule has 0 fully saturated rings. The van der Waals surface area contributed by atoms with E-state index in [2.05, 4.69) is 20.7 Å². The highest BCUT2D eigenvalue weighted by molar-refractivity contribution is 7.12. The zero-order chi connectivity index (χ0) is 19.8. The number of carbonyl (C=O) groups is 4. The summed E-state index contributed by atoms with van der Waals surface area (Å²) in [6.07, 6.45) is 0. The van der Waals surface area contributed by atoms with E-state index in [4.69, 9.17) is 0 Å². The number of hydrogen-bond donors (Lipinski definition) is 3. The van der Waals surface area contributed by atoms with Gasteiger partial charge in [0.15, 0.2) is 0 Å². The summed E-state index contributed by atoms with van der Waals surface area (Å²) in [5, 5.41) is 9.44. The fourth-order valence-corrected chi connectivity index (χ4v) is 2.68. The molecule has 8 nitrogen and oxygen atoms in total. The van der Waals surface area contributed by atoms with Gasteiger partial charge >= 0.3 is 5.97 Å². The second-order valence-corrected chi connectivity index (χ2v) is 6.45. The first-order valence-corrected chi connectivity index (χ1v) is 8.89. The molecule has 3 N–H and O–H groups in total. The number of rotatable bonds is 7. The Balaban J connectivity index is 1.94. The molecular weight excluding hydrogens is 370 g/mol. The van der Waals surface area contributed by atoms with Crippen molar-refractivity contribution in [3.8, 4) is 0 Å². The van der Waals surface area contributed by atoms with Gasteiger partial charge in [0.25, 0.3) is 11.8 Å². The van der Waals surface area contributed by atoms with E-state index in [1.807, 2.05) is 0 Å². The summed E-state index contributed by atoms with van der Waals surface area (Å²) in [5.41, 5.74) is 0.662. The molecule has 0 aliphatic heterocycles. The van der Waals surface area contributed by atoms with Crippen molar-refractivity contribution in [1.29, 1.82) is 0 Å². The average molecular weight is 389 g/mol. The largest absolute Gasteiger partial charge is 0.468 e. The minimum atomic E-state index is -0.767. The normalized spacial score (nSPS) is 11.2. The van der Waals surface area contributed by atoms with E-state index >= 15 is 0 Å². The average Bonchev–Trinajstić information content (AvgIpc) is 3.20. The van der Waals surface area contributed by atoms with Crippen LogP contribution in [0.2, 0.25) is 0 Å². The number of hydrogen-bond acceptors (Lipinski definition) is 6. The Kier molecular flexibility index (Phi) is 7.07. The van der Waals surface area contributed by atoms with Gasteiger partial charge in [0, 0.05) is 11.3 Å². The summed E-state index contributed by atoms with van der Waals surface area (Å²) in [4.78, 5) is 47.9. The van der Waals surface area contributed by atoms with Crippen LogP contribution in [0.15, 0.2) is 41.8 Å². The van der Waals surface area contributed by atoms with Crippen LogP contribution in [-0.2, 0) is 14.3 Å². The smallest absolute Gasteiger partial charge is 0.325 e. The predicted molar refractivity (Wildman–Crippen MR) is 101 cm³/mol. The van der Waals surface area contributed by atoms with E-state index in [9.17, 15) is 19.2 Å². The van der Waals surface area contributed by atoms with Crippen molar-refractivity contribution in [3.05, 3.63) is 52.2 Å². The maximum atomic E-state index is 12.3. The number of nitrogens with one attached hydrogen (secondary N) is 3. The lowest BCUT2D eigenvalue weighted by atomic mass is 10.1. The quantitative estimate of drug-likeness (QED) is 0.620. The molecule has 142 valence electrons. The second-order valence-electron chi connectivity index (χ2n) is 5.50. The molecular formula is C18H19N3O5S. The Hall–Kier alpha value is -3.20. The molecule has 9 heteroatoms. The van der Waals surface area contributed by atoms with Crippen LogP contribution in [-0.4, -0.2) is 43.4 Å². The molecule has 0 spiro atoms. The maximum Gasteiger partial charge on any atom is 0.325 e. The van der Waals surface area contributed by atoms with Crippen molar-refractivity contribution >= 4 is 40.7 Å². The molecule has 0 aliphatic carbocycles. The standard InChI is InChI=1S/C18H19N3O5S/c1-11(20-18(25)14-7-4-8-27-14)16(23)21-13-6-3-5-12(9-13)17(24)19-10-15(22)26-2/h3-9,11H,10H2,1-2H3,(H,19,24)(H,20,25)(H,21,23). The van der Waals surface area contributed by atoms with Crippen LogP contribution in [0.25, 0.3) is 0 Å². The molecule has 27 heavy (non-hydrogen) atoms. The van der Waals surface area contributed by atoms with Crippen molar-refractivity contribution in [2.75, 3.05) is 19.0 Å². The molecule has 2 rings (SSSR count). The SMILES string of the molecule is COC(=O)CNC(=O)c1cccc(NC(=O)C(C)NC(=O)c2cccs2)c1. The fraction of sp³-hybridized carbons (Fsp3) is 0.222. The molecule has 0 saturated carbocycles. The first kappa shape index (κ1) is 20.1. The summed E-state index contributed by atoms with van der Waals surface area (Å²) in [7, 11) is 1.23. The fourth-order valence-electron chi connectivity index (χ4n) is 2.06. The topological polar surface area (TPSA) is 114 Å². The van der Waals surface area contributed by atoms with Crippen molar-refractivity contribution < 1.29 is 23.9 Å². The van der Waals surface area contributed by atoms with E-state index < -0.39 is 23.8 Å². The number of benzene rings is 1. The van der Waals surface area contributed by atoms with E-state index in [0.29, 0.717) is 10.6 Å². The first-order valence-electron chi connectivity index (χ1n) is 8.01. The van der Waals surface area contributed by atoms with Gasteiger partial charge in [-0.25, -0.2) is 0 Å². The zero-order valence-corrected chi connectivity index (χ0v) is 15.6. The number of anilines is 1. The molecule has 0 radical (unpaired) electrons. The van der Waals surface area contributed by atoms with Crippen LogP contribution >= 0.6 is 11.3 Å². The molecule has 0 aliphatic rings. The van der Waals surface area contributed by atoms with Crippen molar-refractivity contribution in [2.24, 2.45) is 0 Å². The molecule has 1 aromatic carbocycles. The third-order valence-electron chi connectivity index (χ3n) is 3.50. The van der Waals surface area contributed by atoms with Gasteiger partial charge in [-0.2, -0.15) is 0 Å². The van der Waals surface area contributed by atoms with Gasteiger partial charge in [0.2, 0.25) is 5.91 Å². The van der Waals surface area contributed by atoms with Crippen LogP contribution in [0.5, 0.6) is 0 Å². The first-order chi connectivity index (χ1) is 12.9. The van der Waals surface area contributed by atoms with E-state index in [0.717, 1.165) is 0 Å². The molecule has 1 atom stereocenters. The Bertz CT molecular complexity index is 835. The number of amides is 3. The van der Waals surface area contributed by atoms with Gasteiger partial charge in [-0.1, -0.05) is 12.1 Å². The summed E-state index contributed by atoms with van der Waals surface area (Å²) in [6.45, 7) is 1.31. The van der Waals surface area contributed by atoms with Crippen LogP contribution in [0.3, 0.4) is 0 Å². The Labute approximate surface area is 159 Å². The molecule has 2 aromatic rings. The lowest BCUT2D eigenvalue weighted by Gasteiger charge is -2.14. The van der Waals surface area contributed by atoms with Crippen LogP contribution in [0.4, 0.5) is 5.69 Å². The lowest BCUT2D eigenvalue weighted by Crippen LogP contribution is -2.41. The van der Waals surface area contributed by atoms with E-state index in [-0.39, 0.29) is 18.0 Å². The number of esters is 1. The summed E-state index contributed by atoms with van der Waals surface area (Å²) in [5.74, 6) is -1.80. The van der Waals surface area contributed by atoms with Gasteiger partial charge in [-0.05, 0) is 36.6 Å². The predicted octanol–water partition coefficient (Wildman–Crippen LogP) is 1.41. The van der Waals surface area contributed by atoms with E-state index in [1.165, 1.54) is 24.5 Å². The van der Waals surface area contributed by atoms with Crippen LogP contribution in [0, 0.1) is 0 Å². The third-order valence-corrected chi connectivity index (χ3v) is 4.37. The highest BCUT2D eigenvalue weighted by Crippen LogP contribution is 2.12. The number of thiophene rings is 1. The van der Waals surface area contributed by atoms with Gasteiger partial charge in [0.1, 0.15) is 12.6 Å². The molecule has 0 bridgehead atoms. The lowest BCUT2D eigenvalue weighted by molar-refractivity contribution is -0.139. The Morgan fingerprint density at radius 1 is 1.11 bits per heavy atom. The number of methoxy groups -OCH3 is 1. The zero-order valence-electron chi connectivity index (χ0n) is 14.8. The minimum Gasteiger partial charge on any atom is -0.468 e. The molecule has 1 unspecified atom stereocenters. The summed E-state index contributed by atoms with van der Waals surface area (Å²) < 4.78 is 4.45. The second kappa shape index (κ2) is 9.48. The van der Waals surface area contributed by atoms with Crippen molar-refractivity contribution in [1.82, 2.24) is 10.6 Å². The Morgan fingerprint density at radius 3 is 2.56 bits per heavy atom. The van der Waals surface area contributed by atoms with Crippen LogP contribution < -0.4 is 16.0 Å². The third kappa shape index (κ3) is 5.93. The Morgan fingerprint density at radius 2 is 1.89 bits per heavy atom. The van der Waals surface area contributed by atoms with Crippen LogP contribution in [0.1, 0.15) is 27.0 Å². The highest BCUT2D eigenvalue weighted by atomic mass is 32.1. The van der Waals surface area contributed by atoms with Crippen molar-refractivity contribution in [2.45, 2.75) is 13.0 Å². The number of ether oxygens (including phenoxy) is 1. The molecule has 1 aromatic heterocycles. The molecule has 0 saturated heterocycles. The number of carbonyl (C=O) groups excluding carboxylic acids is 4. The summed E-state index contributed by atoms with van der Waals surface area (Å²) in [6, 6.07) is 8.88. The van der Waals surface area contributed by atoms with Crippen molar-refractivity contribution in [3.63, 3.8) is 0 Å². The summed E-state index contributed by atoms with van der Waals surface area (Å²) >= 11 is 1.28. The van der Waals surface area contributed by atoms with Gasteiger partial charge < -0.3 is 20.7 Å².